The standard InChI is InChI=1S/C16H19Cl2FN2O2/c17-15(18)16(23)21-13(9-19)14(22)11-6-4-10(5-7-11)12-3-1-2-8-20-12/h3-6,8,11,13-15,22H,1-2,7,9H2,(H,21,23)/t11?,13-,14-/m1/s1. The molecular weight excluding hydrogens is 342 g/mol. The first kappa shape index (κ1) is 18.2. The van der Waals surface area contributed by atoms with Gasteiger partial charge >= 0.3 is 0 Å². The molecule has 1 aliphatic heterocycles. The number of rotatable bonds is 6. The van der Waals surface area contributed by atoms with Crippen LogP contribution in [0, 0.1) is 5.92 Å². The molecule has 0 fully saturated rings. The van der Waals surface area contributed by atoms with Gasteiger partial charge in [-0.05, 0) is 24.8 Å². The number of aliphatic hydroxyl groups is 1. The van der Waals surface area contributed by atoms with E-state index >= 15 is 0 Å². The van der Waals surface area contributed by atoms with Crippen molar-refractivity contribution >= 4 is 35.3 Å². The van der Waals surface area contributed by atoms with Gasteiger partial charge in [-0.25, -0.2) is 4.39 Å². The van der Waals surface area contributed by atoms with Crippen molar-refractivity contribution in [3.8, 4) is 0 Å². The lowest BCUT2D eigenvalue weighted by atomic mass is 9.87. The summed E-state index contributed by atoms with van der Waals surface area (Å²) in [6, 6.07) is -1.04. The second kappa shape index (κ2) is 8.62. The Morgan fingerprint density at radius 1 is 1.43 bits per heavy atom. The number of amides is 1. The van der Waals surface area contributed by atoms with Gasteiger partial charge in [0.1, 0.15) is 6.67 Å². The van der Waals surface area contributed by atoms with E-state index in [9.17, 15) is 14.3 Å². The van der Waals surface area contributed by atoms with Crippen LogP contribution in [-0.4, -0.2) is 40.9 Å². The minimum atomic E-state index is -1.29. The second-order valence-electron chi connectivity index (χ2n) is 5.46. The van der Waals surface area contributed by atoms with Crippen LogP contribution in [0.3, 0.4) is 0 Å². The third-order valence-electron chi connectivity index (χ3n) is 3.84. The normalized spacial score (nSPS) is 23.3. The first-order chi connectivity index (χ1) is 11.0. The molecule has 3 atom stereocenters. The molecule has 1 heterocycles. The summed E-state index contributed by atoms with van der Waals surface area (Å²) in [4.78, 5) is 14.5. The highest BCUT2D eigenvalue weighted by molar-refractivity contribution is 6.53. The van der Waals surface area contributed by atoms with Crippen LogP contribution in [0.5, 0.6) is 0 Å². The first-order valence-corrected chi connectivity index (χ1v) is 8.34. The average molecular weight is 361 g/mol. The van der Waals surface area contributed by atoms with Gasteiger partial charge in [-0.2, -0.15) is 0 Å². The Kier molecular flexibility index (Phi) is 6.81. The third kappa shape index (κ3) is 4.90. The van der Waals surface area contributed by atoms with E-state index in [1.807, 2.05) is 24.4 Å². The zero-order chi connectivity index (χ0) is 16.8. The molecule has 0 radical (unpaired) electrons. The monoisotopic (exact) mass is 360 g/mol. The van der Waals surface area contributed by atoms with E-state index in [2.05, 4.69) is 16.4 Å². The maximum atomic E-state index is 13.1. The molecule has 4 nitrogen and oxygen atoms in total. The van der Waals surface area contributed by atoms with Crippen LogP contribution in [0.4, 0.5) is 4.39 Å². The molecule has 23 heavy (non-hydrogen) atoms. The highest BCUT2D eigenvalue weighted by atomic mass is 35.5. The molecular formula is C16H19Cl2FN2O2. The highest BCUT2D eigenvalue weighted by Crippen LogP contribution is 2.27. The predicted molar refractivity (Wildman–Crippen MR) is 90.5 cm³/mol. The molecule has 1 unspecified atom stereocenters. The topological polar surface area (TPSA) is 61.7 Å². The number of nitrogens with zero attached hydrogens (tertiary/aromatic N) is 1. The Labute approximate surface area is 144 Å². The van der Waals surface area contributed by atoms with Crippen LogP contribution < -0.4 is 5.32 Å². The molecule has 0 aromatic heterocycles. The van der Waals surface area contributed by atoms with Crippen LogP contribution in [0.2, 0.25) is 0 Å². The van der Waals surface area contributed by atoms with E-state index in [1.165, 1.54) is 0 Å². The molecule has 1 aliphatic carbocycles. The number of hydrogen-bond acceptors (Lipinski definition) is 3. The van der Waals surface area contributed by atoms with Crippen LogP contribution in [0.25, 0.3) is 0 Å². The van der Waals surface area contributed by atoms with E-state index in [0.29, 0.717) is 6.42 Å². The Bertz CT molecular complexity index is 558. The summed E-state index contributed by atoms with van der Waals surface area (Å²) in [5.41, 5.74) is 1.91. The highest BCUT2D eigenvalue weighted by Gasteiger charge is 2.29. The van der Waals surface area contributed by atoms with Crippen molar-refractivity contribution in [1.29, 1.82) is 0 Å². The number of halogens is 3. The minimum absolute atomic E-state index is 0.294. The van der Waals surface area contributed by atoms with Crippen LogP contribution in [0.15, 0.2) is 40.6 Å². The molecule has 2 aliphatic rings. The van der Waals surface area contributed by atoms with Gasteiger partial charge in [0, 0.05) is 12.1 Å². The summed E-state index contributed by atoms with van der Waals surface area (Å²) < 4.78 is 13.1. The molecule has 0 saturated carbocycles. The maximum absolute atomic E-state index is 13.1. The molecule has 126 valence electrons. The van der Waals surface area contributed by atoms with Crippen molar-refractivity contribution in [3.05, 3.63) is 35.6 Å². The molecule has 0 bridgehead atoms. The molecule has 0 aromatic carbocycles. The van der Waals surface area contributed by atoms with Crippen molar-refractivity contribution in [2.24, 2.45) is 10.9 Å². The van der Waals surface area contributed by atoms with Crippen molar-refractivity contribution in [1.82, 2.24) is 5.32 Å². The minimum Gasteiger partial charge on any atom is -0.390 e. The van der Waals surface area contributed by atoms with Gasteiger partial charge in [-0.3, -0.25) is 9.79 Å². The summed E-state index contributed by atoms with van der Waals surface area (Å²) in [7, 11) is 0. The Morgan fingerprint density at radius 3 is 2.74 bits per heavy atom. The number of aliphatic imine (C=N–C) groups is 1. The molecule has 0 spiro atoms. The molecule has 0 aromatic rings. The van der Waals surface area contributed by atoms with E-state index in [-0.39, 0.29) is 5.92 Å². The Morgan fingerprint density at radius 2 is 2.22 bits per heavy atom. The summed E-state index contributed by atoms with van der Waals surface area (Å²) in [5.74, 6) is -1.01. The van der Waals surface area contributed by atoms with Gasteiger partial charge in [0.15, 0.2) is 4.84 Å². The maximum Gasteiger partial charge on any atom is 0.253 e. The Hall–Kier alpha value is -1.17. The van der Waals surface area contributed by atoms with E-state index < -0.39 is 29.6 Å². The molecule has 1 amide bonds. The lowest BCUT2D eigenvalue weighted by Gasteiger charge is -2.28. The van der Waals surface area contributed by atoms with Gasteiger partial charge in [0.05, 0.1) is 17.8 Å². The van der Waals surface area contributed by atoms with Crippen molar-refractivity contribution in [3.63, 3.8) is 0 Å². The van der Waals surface area contributed by atoms with Gasteiger partial charge in [0.2, 0.25) is 0 Å². The fourth-order valence-corrected chi connectivity index (χ4v) is 2.67. The lowest BCUT2D eigenvalue weighted by molar-refractivity contribution is -0.121. The van der Waals surface area contributed by atoms with Crippen LogP contribution >= 0.6 is 23.2 Å². The quantitative estimate of drug-likeness (QED) is 0.715. The number of nitrogens with one attached hydrogen (secondary N) is 1. The van der Waals surface area contributed by atoms with Gasteiger partial charge in [0.25, 0.3) is 5.91 Å². The van der Waals surface area contributed by atoms with Crippen molar-refractivity contribution in [2.45, 2.75) is 36.2 Å². The molecule has 2 rings (SSSR count). The molecule has 2 N–H and O–H groups in total. The number of carbonyl (C=O) groups is 1. The predicted octanol–water partition coefficient (Wildman–Crippen LogP) is 2.86. The third-order valence-corrected chi connectivity index (χ3v) is 4.23. The summed E-state index contributed by atoms with van der Waals surface area (Å²) in [6.45, 7) is -0.899. The number of alkyl halides is 3. The number of aliphatic hydroxyl groups excluding tert-OH is 1. The summed E-state index contributed by atoms with van der Waals surface area (Å²) >= 11 is 10.9. The Balaban J connectivity index is 1.96. The number of hydrogen-bond donors (Lipinski definition) is 2. The lowest BCUT2D eigenvalue weighted by Crippen LogP contribution is -2.49. The number of carbonyl (C=O) groups excluding carboxylic acids is 1. The largest absolute Gasteiger partial charge is 0.390 e. The smallest absolute Gasteiger partial charge is 0.253 e. The van der Waals surface area contributed by atoms with E-state index in [4.69, 9.17) is 23.2 Å². The van der Waals surface area contributed by atoms with E-state index in [0.717, 1.165) is 24.1 Å². The van der Waals surface area contributed by atoms with Crippen molar-refractivity contribution in [2.75, 3.05) is 6.67 Å². The number of allylic oxidation sites excluding steroid dienone is 3. The van der Waals surface area contributed by atoms with Gasteiger partial charge in [-0.1, -0.05) is 47.5 Å². The summed E-state index contributed by atoms with van der Waals surface area (Å²) in [6.07, 6.45) is 11.0. The fraction of sp³-hybridized carbons (Fsp3) is 0.500. The van der Waals surface area contributed by atoms with E-state index in [1.54, 1.807) is 0 Å². The first-order valence-electron chi connectivity index (χ1n) is 7.47. The summed E-state index contributed by atoms with van der Waals surface area (Å²) in [5, 5.41) is 12.6. The SMILES string of the molecule is O=C(N[C@H](CF)[C@H](O)C1C=CC(C2=CCCC=N2)=CC1)C(Cl)Cl. The van der Waals surface area contributed by atoms with Crippen molar-refractivity contribution < 1.29 is 14.3 Å². The van der Waals surface area contributed by atoms with Gasteiger partial charge < -0.3 is 10.4 Å². The van der Waals surface area contributed by atoms with Crippen LogP contribution in [0.1, 0.15) is 19.3 Å². The fourth-order valence-electron chi connectivity index (χ4n) is 2.54. The second-order valence-corrected chi connectivity index (χ2v) is 6.55. The molecule has 0 saturated heterocycles. The zero-order valence-corrected chi connectivity index (χ0v) is 14.0. The molecule has 7 heteroatoms. The zero-order valence-electron chi connectivity index (χ0n) is 12.5. The average Bonchev–Trinajstić information content (AvgIpc) is 2.59. The van der Waals surface area contributed by atoms with Crippen LogP contribution in [-0.2, 0) is 4.79 Å². The van der Waals surface area contributed by atoms with Gasteiger partial charge in [-0.15, -0.1) is 0 Å².